The van der Waals surface area contributed by atoms with E-state index in [1.165, 1.54) is 36.4 Å². The average Bonchev–Trinajstić information content (AvgIpc) is 3.20. The minimum absolute atomic E-state index is 0.0407. The van der Waals surface area contributed by atoms with E-state index in [1.807, 2.05) is 6.07 Å². The summed E-state index contributed by atoms with van der Waals surface area (Å²) >= 11 is 0. The van der Waals surface area contributed by atoms with E-state index in [0.717, 1.165) is 12.1 Å². The molecule has 0 spiro atoms. The molecule has 5 aromatic carbocycles. The molecule has 0 radical (unpaired) electrons. The number of benzene rings is 5. The number of nitrogens with zero attached hydrogens (tertiary/aromatic N) is 7. The summed E-state index contributed by atoms with van der Waals surface area (Å²) in [6.45, 7) is 0.402. The lowest BCUT2D eigenvalue weighted by molar-refractivity contribution is -0.137. The van der Waals surface area contributed by atoms with Crippen molar-refractivity contribution in [2.45, 2.75) is 53.2 Å². The van der Waals surface area contributed by atoms with Crippen LogP contribution in [-0.4, -0.2) is 71.5 Å². The van der Waals surface area contributed by atoms with Gasteiger partial charge in [-0.1, -0.05) is 55.0 Å². The number of unbranched alkanes of at least 4 members (excludes halogenated alkanes) is 2. The Balaban J connectivity index is 1.25. The van der Waals surface area contributed by atoms with Crippen LogP contribution in [-0.2, 0) is 48.0 Å². The molecule has 0 amide bonds. The van der Waals surface area contributed by atoms with Crippen molar-refractivity contribution < 1.29 is 48.8 Å². The Kier molecular flexibility index (Phi) is 13.7. The van der Waals surface area contributed by atoms with Gasteiger partial charge in [0.15, 0.2) is 0 Å². The minimum atomic E-state index is -4.85. The monoisotopic (exact) mass is 888 g/mol. The highest BCUT2D eigenvalue weighted by molar-refractivity contribution is 7.86. The second-order valence-electron chi connectivity index (χ2n) is 13.4. The van der Waals surface area contributed by atoms with Gasteiger partial charge in [-0.15, -0.1) is 0 Å². The molecule has 0 saturated carbocycles. The minimum Gasteiger partial charge on any atom is -0.481 e. The van der Waals surface area contributed by atoms with Gasteiger partial charge in [0.2, 0.25) is 5.95 Å². The lowest BCUT2D eigenvalue weighted by atomic mass is 10.1. The molecule has 6 aromatic rings. The predicted octanol–water partition coefficient (Wildman–Crippen LogP) is 7.83. The molecule has 0 unspecified atom stereocenters. The molecule has 5 N–H and O–H groups in total. The zero-order valence-corrected chi connectivity index (χ0v) is 34.2. The van der Waals surface area contributed by atoms with E-state index in [9.17, 15) is 43.7 Å². The number of carbonyl (C=O) groups is 1. The molecule has 0 atom stereocenters. The Morgan fingerprint density at radius 1 is 0.541 bits per heavy atom. The first kappa shape index (κ1) is 44.1. The molecule has 0 saturated heterocycles. The standard InChI is InChI=1S/C39H36N8O11S3/c48-38(49)12-5-2-6-19-40-39-42-36(41-37(43-39)21-26-15-18-29(23-34(26)60(53,54)55)46-44-27-8-3-1-4-9-27)20-25-13-16-28(17-14-25)45-47-30-22-32-31(35(24-30)61(56,57)58)10-7-11-33(32)59(50,51)52/h1,3-4,7-11,13-18,22-24H,2,5-6,12,19-21H2,(H,48,49)(H,50,51,52)(H,53,54,55)(H,56,57,58)(H,40,41,42,43). The Hall–Kier alpha value is -6.43. The molecule has 1 heterocycles. The number of aliphatic carboxylic acids is 1. The van der Waals surface area contributed by atoms with Crippen LogP contribution in [0.25, 0.3) is 10.8 Å². The van der Waals surface area contributed by atoms with Crippen molar-refractivity contribution in [2.75, 3.05) is 11.9 Å². The second-order valence-corrected chi connectivity index (χ2v) is 17.6. The van der Waals surface area contributed by atoms with Gasteiger partial charge >= 0.3 is 5.97 Å². The third-order valence-corrected chi connectivity index (χ3v) is 11.6. The van der Waals surface area contributed by atoms with Crippen LogP contribution in [0.2, 0.25) is 0 Å². The summed E-state index contributed by atoms with van der Waals surface area (Å²) < 4.78 is 103. The van der Waals surface area contributed by atoms with Gasteiger partial charge in [0.25, 0.3) is 30.4 Å². The predicted molar refractivity (Wildman–Crippen MR) is 221 cm³/mol. The van der Waals surface area contributed by atoms with Crippen LogP contribution in [0.4, 0.5) is 28.7 Å². The maximum atomic E-state index is 12.5. The van der Waals surface area contributed by atoms with Gasteiger partial charge < -0.3 is 10.4 Å². The van der Waals surface area contributed by atoms with Crippen LogP contribution in [0.1, 0.15) is 48.5 Å². The third kappa shape index (κ3) is 12.3. The number of nitrogens with one attached hydrogen (secondary N) is 1. The molecule has 6 rings (SSSR count). The molecule has 0 aliphatic carbocycles. The second kappa shape index (κ2) is 18.9. The van der Waals surface area contributed by atoms with E-state index in [-0.39, 0.29) is 64.6 Å². The highest BCUT2D eigenvalue weighted by Crippen LogP contribution is 2.34. The summed E-state index contributed by atoms with van der Waals surface area (Å²) in [5, 5.41) is 28.0. The topological polar surface area (TPSA) is 301 Å². The fourth-order valence-corrected chi connectivity index (χ4v) is 8.20. The number of rotatable bonds is 18. The Morgan fingerprint density at radius 2 is 1.13 bits per heavy atom. The van der Waals surface area contributed by atoms with Crippen LogP contribution in [0.5, 0.6) is 0 Å². The van der Waals surface area contributed by atoms with E-state index in [4.69, 9.17) is 5.11 Å². The molecule has 1 aromatic heterocycles. The van der Waals surface area contributed by atoms with Crippen molar-refractivity contribution in [3.63, 3.8) is 0 Å². The van der Waals surface area contributed by atoms with E-state index < -0.39 is 51.0 Å². The van der Waals surface area contributed by atoms with Gasteiger partial charge in [0.1, 0.15) is 21.4 Å². The number of anilines is 1. The van der Waals surface area contributed by atoms with Crippen molar-refractivity contribution in [3.8, 4) is 0 Å². The molecule has 22 heteroatoms. The summed E-state index contributed by atoms with van der Waals surface area (Å²) in [5.41, 5.74) is 1.75. The lowest BCUT2D eigenvalue weighted by Gasteiger charge is -2.11. The van der Waals surface area contributed by atoms with Crippen molar-refractivity contribution in [1.29, 1.82) is 0 Å². The quantitative estimate of drug-likeness (QED) is 0.0312. The lowest BCUT2D eigenvalue weighted by Crippen LogP contribution is -2.13. The molecule has 0 aliphatic rings. The van der Waals surface area contributed by atoms with E-state index in [0.29, 0.717) is 42.7 Å². The Bertz CT molecular complexity index is 2990. The number of hydrogen-bond donors (Lipinski definition) is 5. The molecule has 61 heavy (non-hydrogen) atoms. The molecular weight excluding hydrogens is 853 g/mol. The fraction of sp³-hybridized carbons (Fsp3) is 0.179. The smallest absolute Gasteiger partial charge is 0.303 e. The Morgan fingerprint density at radius 3 is 1.79 bits per heavy atom. The summed E-state index contributed by atoms with van der Waals surface area (Å²) in [6.07, 6.45) is 1.80. The van der Waals surface area contributed by atoms with Gasteiger partial charge in [0.05, 0.1) is 27.6 Å². The number of carboxylic acid groups (broad SMARTS) is 1. The Labute approximate surface area is 349 Å². The average molecular weight is 889 g/mol. The zero-order valence-electron chi connectivity index (χ0n) is 31.8. The largest absolute Gasteiger partial charge is 0.481 e. The van der Waals surface area contributed by atoms with Gasteiger partial charge in [-0.2, -0.15) is 55.7 Å². The molecular formula is C39H36N8O11S3. The summed E-state index contributed by atoms with van der Waals surface area (Å²) in [4.78, 5) is 22.9. The SMILES string of the molecule is O=C(O)CCCCCNc1nc(Cc2ccc(N=Nc3cc(S(=O)(=O)O)c4cccc(S(=O)(=O)O)c4c3)cc2)nc(Cc2ccc(N=Nc3ccccc3)cc2S(=O)(=O)O)n1. The maximum Gasteiger partial charge on any atom is 0.303 e. The van der Waals surface area contributed by atoms with Gasteiger partial charge in [0, 0.05) is 36.6 Å². The van der Waals surface area contributed by atoms with Crippen LogP contribution in [0.15, 0.2) is 138 Å². The first-order valence-corrected chi connectivity index (χ1v) is 22.5. The van der Waals surface area contributed by atoms with Crippen LogP contribution in [0.3, 0.4) is 0 Å². The van der Waals surface area contributed by atoms with Gasteiger partial charge in [-0.25, -0.2) is 4.98 Å². The van der Waals surface area contributed by atoms with Crippen LogP contribution in [0, 0.1) is 0 Å². The van der Waals surface area contributed by atoms with Crippen molar-refractivity contribution >= 4 is 75.8 Å². The first-order valence-electron chi connectivity index (χ1n) is 18.2. The summed E-state index contributed by atoms with van der Waals surface area (Å²) in [5.74, 6) is -0.243. The molecule has 0 aliphatic heterocycles. The molecule has 0 fully saturated rings. The third-order valence-electron chi connectivity index (χ3n) is 8.83. The summed E-state index contributed by atoms with van der Waals surface area (Å²) in [6, 6.07) is 25.3. The number of aromatic nitrogens is 3. The van der Waals surface area contributed by atoms with Gasteiger partial charge in [-0.3, -0.25) is 18.5 Å². The van der Waals surface area contributed by atoms with Crippen molar-refractivity contribution in [2.24, 2.45) is 20.5 Å². The van der Waals surface area contributed by atoms with Crippen molar-refractivity contribution in [1.82, 2.24) is 15.0 Å². The highest BCUT2D eigenvalue weighted by atomic mass is 32.2. The maximum absolute atomic E-state index is 12.5. The normalized spacial score (nSPS) is 12.4. The molecule has 316 valence electrons. The number of hydrogen-bond acceptors (Lipinski definition) is 15. The van der Waals surface area contributed by atoms with E-state index in [2.05, 4.69) is 40.7 Å². The van der Waals surface area contributed by atoms with E-state index in [1.54, 1.807) is 48.5 Å². The van der Waals surface area contributed by atoms with Gasteiger partial charge in [-0.05, 0) is 78.6 Å². The fourth-order valence-electron chi connectivity index (χ4n) is 6.04. The first-order chi connectivity index (χ1) is 28.9. The number of azo groups is 2. The number of carboxylic acids is 1. The molecule has 0 bridgehead atoms. The van der Waals surface area contributed by atoms with Crippen molar-refractivity contribution in [3.05, 3.63) is 126 Å². The highest BCUT2D eigenvalue weighted by Gasteiger charge is 2.22. The molecule has 19 nitrogen and oxygen atoms in total. The van der Waals surface area contributed by atoms with E-state index >= 15 is 0 Å². The van der Waals surface area contributed by atoms with Crippen LogP contribution >= 0.6 is 0 Å². The number of fused-ring (bicyclic) bond motifs is 1. The van der Waals surface area contributed by atoms with Crippen LogP contribution < -0.4 is 5.32 Å². The zero-order chi connectivity index (χ0) is 43.8. The summed E-state index contributed by atoms with van der Waals surface area (Å²) in [7, 11) is -14.4.